The molecule has 142 valence electrons. The molecular formula is C19H20F2N4O2. The van der Waals surface area contributed by atoms with Crippen molar-refractivity contribution < 1.29 is 18.4 Å². The first kappa shape index (κ1) is 20.4. The molecule has 2 aromatic rings. The highest BCUT2D eigenvalue weighted by Crippen LogP contribution is 2.31. The minimum Gasteiger partial charge on any atom is -0.319 e. The second-order valence-electron chi connectivity index (χ2n) is 6.25. The Morgan fingerprint density at radius 2 is 2.22 bits per heavy atom. The number of carbonyl (C=O) groups is 2. The van der Waals surface area contributed by atoms with Crippen molar-refractivity contribution in [3.8, 4) is 6.07 Å². The summed E-state index contributed by atoms with van der Waals surface area (Å²) in [6.45, 7) is 1.32. The predicted octanol–water partition coefficient (Wildman–Crippen LogP) is 2.32. The van der Waals surface area contributed by atoms with Gasteiger partial charge >= 0.3 is 0 Å². The van der Waals surface area contributed by atoms with Gasteiger partial charge in [-0.15, -0.1) is 0 Å². The van der Waals surface area contributed by atoms with Crippen molar-refractivity contribution in [3.05, 3.63) is 41.6 Å². The van der Waals surface area contributed by atoms with Crippen LogP contribution in [0.5, 0.6) is 0 Å². The first-order valence-corrected chi connectivity index (χ1v) is 8.34. The van der Waals surface area contributed by atoms with Gasteiger partial charge < -0.3 is 10.2 Å². The molecular weight excluding hydrogens is 354 g/mol. The van der Waals surface area contributed by atoms with Crippen molar-refractivity contribution in [1.29, 1.82) is 5.26 Å². The molecule has 1 amide bonds. The molecule has 8 heteroatoms. The number of para-hydroxylation sites is 1. The number of nitrogens with zero attached hydrogens (tertiary/aromatic N) is 3. The summed E-state index contributed by atoms with van der Waals surface area (Å²) in [4.78, 5) is 27.1. The van der Waals surface area contributed by atoms with Gasteiger partial charge in [-0.05, 0) is 25.6 Å². The number of rotatable bonds is 3. The summed E-state index contributed by atoms with van der Waals surface area (Å²) in [7, 11) is 1.55. The predicted molar refractivity (Wildman–Crippen MR) is 96.5 cm³/mol. The number of pyridine rings is 1. The fourth-order valence-electron chi connectivity index (χ4n) is 2.90. The Balaban J connectivity index is 0.000000194. The summed E-state index contributed by atoms with van der Waals surface area (Å²) in [6, 6.07) is 8.29. The number of aryl methyl sites for hydroxylation is 1. The van der Waals surface area contributed by atoms with Crippen LogP contribution in [-0.2, 0) is 4.79 Å². The van der Waals surface area contributed by atoms with Gasteiger partial charge in [0.15, 0.2) is 6.29 Å². The molecule has 1 saturated heterocycles. The van der Waals surface area contributed by atoms with Crippen LogP contribution in [-0.4, -0.2) is 54.2 Å². The van der Waals surface area contributed by atoms with Crippen molar-refractivity contribution in [1.82, 2.24) is 15.2 Å². The molecule has 1 aliphatic heterocycles. The molecule has 1 fully saturated rings. The standard InChI is InChI=1S/C11H9NO.C8H11F2N3O/c1-8-3-2-4-10-9(7-13)5-6-12-11(8)10;1-12-4-7(14)13-5-8(9,10)2-6(13)3-11/h2-7H,1H3;6,12H,2,4-5H2,1H3. The minimum absolute atomic E-state index is 0.0196. The lowest BCUT2D eigenvalue weighted by atomic mass is 10.1. The first-order chi connectivity index (χ1) is 12.8. The number of benzene rings is 1. The number of aldehydes is 1. The fourth-order valence-corrected chi connectivity index (χ4v) is 2.90. The maximum atomic E-state index is 12.9. The zero-order valence-corrected chi connectivity index (χ0v) is 15.1. The molecule has 0 bridgehead atoms. The van der Waals surface area contributed by atoms with E-state index in [2.05, 4.69) is 10.3 Å². The Morgan fingerprint density at radius 3 is 2.85 bits per heavy atom. The molecule has 1 aromatic heterocycles. The Morgan fingerprint density at radius 1 is 1.48 bits per heavy atom. The molecule has 0 saturated carbocycles. The zero-order chi connectivity index (χ0) is 20.0. The quantitative estimate of drug-likeness (QED) is 0.834. The Bertz CT molecular complexity index is 880. The van der Waals surface area contributed by atoms with E-state index in [1.807, 2.05) is 25.1 Å². The van der Waals surface area contributed by atoms with Gasteiger partial charge in [-0.1, -0.05) is 18.2 Å². The highest BCUT2D eigenvalue weighted by Gasteiger charge is 2.46. The average Bonchev–Trinajstić information content (AvgIpc) is 2.97. The van der Waals surface area contributed by atoms with E-state index < -0.39 is 30.8 Å². The van der Waals surface area contributed by atoms with Gasteiger partial charge in [0.05, 0.1) is 24.7 Å². The van der Waals surface area contributed by atoms with Crippen LogP contribution in [0, 0.1) is 18.3 Å². The topological polar surface area (TPSA) is 86.1 Å². The van der Waals surface area contributed by atoms with E-state index in [1.54, 1.807) is 25.4 Å². The second kappa shape index (κ2) is 8.64. The van der Waals surface area contributed by atoms with Crippen LogP contribution in [0.3, 0.4) is 0 Å². The molecule has 0 spiro atoms. The normalized spacial score (nSPS) is 17.7. The molecule has 0 radical (unpaired) electrons. The van der Waals surface area contributed by atoms with E-state index in [9.17, 15) is 18.4 Å². The second-order valence-corrected chi connectivity index (χ2v) is 6.25. The van der Waals surface area contributed by atoms with Crippen molar-refractivity contribution >= 4 is 23.1 Å². The van der Waals surface area contributed by atoms with Gasteiger partial charge in [-0.25, -0.2) is 8.78 Å². The Labute approximate surface area is 155 Å². The minimum atomic E-state index is -2.93. The summed E-state index contributed by atoms with van der Waals surface area (Å²) in [6.07, 6.45) is 1.97. The van der Waals surface area contributed by atoms with E-state index in [0.29, 0.717) is 5.56 Å². The highest BCUT2D eigenvalue weighted by molar-refractivity contribution is 5.97. The van der Waals surface area contributed by atoms with Gasteiger partial charge in [0, 0.05) is 23.6 Å². The number of halogens is 2. The van der Waals surface area contributed by atoms with E-state index in [-0.39, 0.29) is 6.54 Å². The summed E-state index contributed by atoms with van der Waals surface area (Å²) >= 11 is 0. The summed E-state index contributed by atoms with van der Waals surface area (Å²) in [5, 5.41) is 12.1. The van der Waals surface area contributed by atoms with Gasteiger partial charge in [0.25, 0.3) is 5.92 Å². The van der Waals surface area contributed by atoms with Gasteiger partial charge in [0.2, 0.25) is 5.91 Å². The number of aromatic nitrogens is 1. The van der Waals surface area contributed by atoms with Gasteiger partial charge in [-0.3, -0.25) is 14.6 Å². The average molecular weight is 374 g/mol. The Hall–Kier alpha value is -2.92. The van der Waals surface area contributed by atoms with E-state index in [0.717, 1.165) is 27.7 Å². The van der Waals surface area contributed by atoms with Crippen molar-refractivity contribution in [2.75, 3.05) is 20.1 Å². The lowest BCUT2D eigenvalue weighted by Crippen LogP contribution is -2.40. The molecule has 2 heterocycles. The number of alkyl halides is 2. The van der Waals surface area contributed by atoms with Gasteiger partial charge in [0.1, 0.15) is 6.04 Å². The van der Waals surface area contributed by atoms with Crippen molar-refractivity contribution in [2.45, 2.75) is 25.3 Å². The van der Waals surface area contributed by atoms with E-state index >= 15 is 0 Å². The van der Waals surface area contributed by atoms with Crippen molar-refractivity contribution in [3.63, 3.8) is 0 Å². The smallest absolute Gasteiger partial charge is 0.268 e. The first-order valence-electron chi connectivity index (χ1n) is 8.34. The van der Waals surface area contributed by atoms with Crippen LogP contribution in [0.25, 0.3) is 10.9 Å². The monoisotopic (exact) mass is 374 g/mol. The summed E-state index contributed by atoms with van der Waals surface area (Å²) in [5.74, 6) is -3.39. The molecule has 1 atom stereocenters. The number of likely N-dealkylation sites (N-methyl/N-ethyl adjacent to an activating group) is 1. The molecule has 1 aliphatic rings. The molecule has 1 N–H and O–H groups in total. The molecule has 27 heavy (non-hydrogen) atoms. The number of nitriles is 1. The largest absolute Gasteiger partial charge is 0.319 e. The summed E-state index contributed by atoms with van der Waals surface area (Å²) in [5.41, 5.74) is 2.71. The van der Waals surface area contributed by atoms with Crippen LogP contribution >= 0.6 is 0 Å². The van der Waals surface area contributed by atoms with Crippen molar-refractivity contribution in [2.24, 2.45) is 0 Å². The number of nitrogens with one attached hydrogen (secondary N) is 1. The fraction of sp³-hybridized carbons (Fsp3) is 0.368. The third-order valence-electron chi connectivity index (χ3n) is 4.20. The maximum absolute atomic E-state index is 12.9. The zero-order valence-electron chi connectivity index (χ0n) is 15.1. The van der Waals surface area contributed by atoms with E-state index in [1.165, 1.54) is 0 Å². The third kappa shape index (κ3) is 4.83. The van der Waals surface area contributed by atoms with Gasteiger partial charge in [-0.2, -0.15) is 5.26 Å². The number of amides is 1. The number of hydrogen-bond acceptors (Lipinski definition) is 5. The number of carbonyl (C=O) groups excluding carboxylic acids is 2. The number of hydrogen-bond donors (Lipinski definition) is 1. The third-order valence-corrected chi connectivity index (χ3v) is 4.20. The summed E-state index contributed by atoms with van der Waals surface area (Å²) < 4.78 is 25.7. The lowest BCUT2D eigenvalue weighted by Gasteiger charge is -2.18. The molecule has 1 aromatic carbocycles. The highest BCUT2D eigenvalue weighted by atomic mass is 19.3. The molecule has 6 nitrogen and oxygen atoms in total. The molecule has 0 aliphatic carbocycles. The number of likely N-dealkylation sites (tertiary alicyclic amines) is 1. The van der Waals surface area contributed by atoms with Crippen LogP contribution in [0.15, 0.2) is 30.5 Å². The van der Waals surface area contributed by atoms with Crippen LogP contribution in [0.1, 0.15) is 22.3 Å². The molecule has 1 unspecified atom stereocenters. The molecule has 3 rings (SSSR count). The maximum Gasteiger partial charge on any atom is 0.268 e. The SMILES string of the molecule is CNCC(=O)N1CC(F)(F)CC1C#N.Cc1cccc2c(C=O)ccnc12. The number of fused-ring (bicyclic) bond motifs is 1. The van der Waals surface area contributed by atoms with Crippen LogP contribution < -0.4 is 5.32 Å². The van der Waals surface area contributed by atoms with E-state index in [4.69, 9.17) is 5.26 Å². The van der Waals surface area contributed by atoms with Crippen LogP contribution in [0.2, 0.25) is 0 Å². The Kier molecular flexibility index (Phi) is 6.53. The lowest BCUT2D eigenvalue weighted by molar-refractivity contribution is -0.131. The van der Waals surface area contributed by atoms with Crippen LogP contribution in [0.4, 0.5) is 8.78 Å².